The van der Waals surface area contributed by atoms with Gasteiger partial charge < -0.3 is 9.26 Å². The van der Waals surface area contributed by atoms with Gasteiger partial charge in [0.05, 0.1) is 0 Å². The molecule has 1 N–H and O–H groups in total. The van der Waals surface area contributed by atoms with Crippen LogP contribution in [-0.2, 0) is 0 Å². The standard InChI is InChI=1S/C12H10ClN5O2/c1-7(12-14-17-18-15-12)20-11-3-2-8(13)6-9(11)10-4-5-19-16-10/h2-7H,1H3,(H,14,15,17,18)/t7-/m0/s1. The molecule has 0 saturated carbocycles. The Morgan fingerprint density at radius 3 is 2.95 bits per heavy atom. The molecule has 3 aromatic rings. The van der Waals surface area contributed by atoms with E-state index in [9.17, 15) is 0 Å². The number of nitrogens with one attached hydrogen (secondary N) is 1. The van der Waals surface area contributed by atoms with Gasteiger partial charge in [-0.15, -0.1) is 10.2 Å². The highest BCUT2D eigenvalue weighted by atomic mass is 35.5. The van der Waals surface area contributed by atoms with Crippen molar-refractivity contribution in [3.05, 3.63) is 41.4 Å². The fraction of sp³-hybridized carbons (Fsp3) is 0.167. The van der Waals surface area contributed by atoms with E-state index in [1.165, 1.54) is 6.26 Å². The van der Waals surface area contributed by atoms with E-state index in [1.54, 1.807) is 24.3 Å². The van der Waals surface area contributed by atoms with Crippen molar-refractivity contribution >= 4 is 11.6 Å². The van der Waals surface area contributed by atoms with Gasteiger partial charge in [0.2, 0.25) is 5.82 Å². The van der Waals surface area contributed by atoms with E-state index in [2.05, 4.69) is 25.8 Å². The van der Waals surface area contributed by atoms with Crippen molar-refractivity contribution in [1.29, 1.82) is 0 Å². The highest BCUT2D eigenvalue weighted by Gasteiger charge is 2.16. The zero-order chi connectivity index (χ0) is 13.9. The second kappa shape index (κ2) is 5.30. The van der Waals surface area contributed by atoms with Crippen LogP contribution in [0.2, 0.25) is 5.02 Å². The van der Waals surface area contributed by atoms with Crippen molar-refractivity contribution in [2.75, 3.05) is 0 Å². The summed E-state index contributed by atoms with van der Waals surface area (Å²) in [6.07, 6.45) is 1.13. The largest absolute Gasteiger partial charge is 0.482 e. The number of hydrogen-bond acceptors (Lipinski definition) is 6. The van der Waals surface area contributed by atoms with E-state index < -0.39 is 0 Å². The Labute approximate surface area is 118 Å². The lowest BCUT2D eigenvalue weighted by Gasteiger charge is -2.14. The summed E-state index contributed by atoms with van der Waals surface area (Å²) in [7, 11) is 0. The molecule has 0 radical (unpaired) electrons. The fourth-order valence-electron chi connectivity index (χ4n) is 1.74. The van der Waals surface area contributed by atoms with E-state index in [0.717, 1.165) is 5.56 Å². The van der Waals surface area contributed by atoms with Crippen LogP contribution >= 0.6 is 11.6 Å². The van der Waals surface area contributed by atoms with Crippen molar-refractivity contribution in [2.45, 2.75) is 13.0 Å². The predicted octanol–water partition coefficient (Wildman–Crippen LogP) is 2.65. The number of halogens is 1. The van der Waals surface area contributed by atoms with Crippen LogP contribution in [0, 0.1) is 0 Å². The van der Waals surface area contributed by atoms with Crippen LogP contribution in [0.5, 0.6) is 5.75 Å². The third-order valence-electron chi connectivity index (χ3n) is 2.68. The minimum atomic E-state index is -0.361. The number of nitrogens with zero attached hydrogens (tertiary/aromatic N) is 4. The topological polar surface area (TPSA) is 89.7 Å². The van der Waals surface area contributed by atoms with E-state index in [4.69, 9.17) is 20.9 Å². The van der Waals surface area contributed by atoms with Crippen molar-refractivity contribution in [1.82, 2.24) is 25.8 Å². The summed E-state index contributed by atoms with van der Waals surface area (Å²) in [5.41, 5.74) is 1.38. The van der Waals surface area contributed by atoms with E-state index in [-0.39, 0.29) is 6.10 Å². The Hall–Kier alpha value is -2.41. The molecule has 2 heterocycles. The van der Waals surface area contributed by atoms with Gasteiger partial charge in [0.1, 0.15) is 17.7 Å². The molecule has 0 amide bonds. The number of H-pyrrole nitrogens is 1. The van der Waals surface area contributed by atoms with Gasteiger partial charge in [-0.1, -0.05) is 22.0 Å². The second-order valence-electron chi connectivity index (χ2n) is 4.06. The summed E-state index contributed by atoms with van der Waals surface area (Å²) in [6.45, 7) is 1.83. The molecule has 3 rings (SSSR count). The Balaban J connectivity index is 1.93. The number of aromatic nitrogens is 5. The highest BCUT2D eigenvalue weighted by molar-refractivity contribution is 6.30. The smallest absolute Gasteiger partial charge is 0.214 e. The zero-order valence-electron chi connectivity index (χ0n) is 10.4. The molecule has 0 bridgehead atoms. The zero-order valence-corrected chi connectivity index (χ0v) is 11.2. The van der Waals surface area contributed by atoms with Gasteiger partial charge in [-0.05, 0) is 25.1 Å². The van der Waals surface area contributed by atoms with Crippen LogP contribution in [0.1, 0.15) is 18.9 Å². The van der Waals surface area contributed by atoms with Crippen LogP contribution in [0.15, 0.2) is 35.1 Å². The summed E-state index contributed by atoms with van der Waals surface area (Å²) in [5.74, 6) is 1.08. The summed E-state index contributed by atoms with van der Waals surface area (Å²) in [4.78, 5) is 0. The molecule has 0 aliphatic carbocycles. The quantitative estimate of drug-likeness (QED) is 0.795. The van der Waals surface area contributed by atoms with Gasteiger partial charge in [-0.3, -0.25) is 0 Å². The molecule has 1 atom stereocenters. The maximum absolute atomic E-state index is 6.02. The maximum atomic E-state index is 6.02. The average Bonchev–Trinajstić information content (AvgIpc) is 3.13. The Morgan fingerprint density at radius 1 is 1.35 bits per heavy atom. The molecule has 8 heteroatoms. The summed E-state index contributed by atoms with van der Waals surface area (Å²) in [6, 6.07) is 7.00. The Morgan fingerprint density at radius 2 is 2.25 bits per heavy atom. The second-order valence-corrected chi connectivity index (χ2v) is 4.49. The molecule has 0 saturated heterocycles. The van der Waals surface area contributed by atoms with Crippen LogP contribution in [0.4, 0.5) is 0 Å². The summed E-state index contributed by atoms with van der Waals surface area (Å²) >= 11 is 6.02. The number of aromatic amines is 1. The van der Waals surface area contributed by atoms with Gasteiger partial charge in [0.25, 0.3) is 0 Å². The molecule has 0 aliphatic heterocycles. The molecule has 0 unspecified atom stereocenters. The molecule has 7 nitrogen and oxygen atoms in total. The maximum Gasteiger partial charge on any atom is 0.214 e. The third kappa shape index (κ3) is 2.48. The minimum absolute atomic E-state index is 0.361. The predicted molar refractivity (Wildman–Crippen MR) is 70.2 cm³/mol. The molecule has 20 heavy (non-hydrogen) atoms. The number of rotatable bonds is 4. The summed E-state index contributed by atoms with van der Waals surface area (Å²) in [5, 5.41) is 18.2. The van der Waals surface area contributed by atoms with Gasteiger partial charge in [-0.2, -0.15) is 5.21 Å². The van der Waals surface area contributed by atoms with Crippen molar-refractivity contribution < 1.29 is 9.26 Å². The Kier molecular flexibility index (Phi) is 3.34. The molecule has 1 aromatic carbocycles. The monoisotopic (exact) mass is 291 g/mol. The van der Waals surface area contributed by atoms with Crippen LogP contribution in [0.3, 0.4) is 0 Å². The van der Waals surface area contributed by atoms with Crippen molar-refractivity contribution in [3.63, 3.8) is 0 Å². The molecular formula is C12H10ClN5O2. The van der Waals surface area contributed by atoms with E-state index in [0.29, 0.717) is 22.3 Å². The van der Waals surface area contributed by atoms with E-state index in [1.807, 2.05) is 6.92 Å². The molecule has 2 aromatic heterocycles. The van der Waals surface area contributed by atoms with Crippen molar-refractivity contribution in [3.8, 4) is 17.0 Å². The number of benzene rings is 1. The van der Waals surface area contributed by atoms with Gasteiger partial charge in [0.15, 0.2) is 6.10 Å². The molecule has 0 aliphatic rings. The highest BCUT2D eigenvalue weighted by Crippen LogP contribution is 2.33. The molecule has 0 fully saturated rings. The SMILES string of the molecule is C[C@H](Oc1ccc(Cl)cc1-c1ccon1)c1nn[nH]n1. The van der Waals surface area contributed by atoms with Crippen LogP contribution in [0.25, 0.3) is 11.3 Å². The number of tetrazole rings is 1. The first kappa shape index (κ1) is 12.6. The first-order valence-electron chi connectivity index (χ1n) is 5.84. The normalized spacial score (nSPS) is 12.3. The summed E-state index contributed by atoms with van der Waals surface area (Å²) < 4.78 is 10.7. The number of hydrogen-bond donors (Lipinski definition) is 1. The lowest BCUT2D eigenvalue weighted by molar-refractivity contribution is 0.217. The van der Waals surface area contributed by atoms with Gasteiger partial charge in [-0.25, -0.2) is 0 Å². The number of ether oxygens (including phenoxy) is 1. The fourth-order valence-corrected chi connectivity index (χ4v) is 1.91. The molecule has 0 spiro atoms. The van der Waals surface area contributed by atoms with Crippen LogP contribution < -0.4 is 4.74 Å². The molecular weight excluding hydrogens is 282 g/mol. The third-order valence-corrected chi connectivity index (χ3v) is 2.92. The first-order valence-corrected chi connectivity index (χ1v) is 6.22. The lowest BCUT2D eigenvalue weighted by atomic mass is 10.1. The van der Waals surface area contributed by atoms with Crippen LogP contribution in [-0.4, -0.2) is 25.8 Å². The molecule has 102 valence electrons. The van der Waals surface area contributed by atoms with Gasteiger partial charge >= 0.3 is 0 Å². The van der Waals surface area contributed by atoms with E-state index >= 15 is 0 Å². The average molecular weight is 292 g/mol. The Bertz CT molecular complexity index is 684. The van der Waals surface area contributed by atoms with Crippen molar-refractivity contribution in [2.24, 2.45) is 0 Å². The minimum Gasteiger partial charge on any atom is -0.482 e. The lowest BCUT2D eigenvalue weighted by Crippen LogP contribution is -2.06. The van der Waals surface area contributed by atoms with Gasteiger partial charge in [0, 0.05) is 16.7 Å². The first-order chi connectivity index (χ1) is 9.74.